The molecule has 2 nitrogen and oxygen atoms in total. The van der Waals surface area contributed by atoms with E-state index in [1.54, 1.807) is 0 Å². The van der Waals surface area contributed by atoms with Gasteiger partial charge < -0.3 is 4.74 Å². The molecule has 0 unspecified atom stereocenters. The van der Waals surface area contributed by atoms with Crippen LogP contribution in [0, 0.1) is 11.3 Å². The van der Waals surface area contributed by atoms with Crippen molar-refractivity contribution in [3.8, 4) is 11.8 Å². The van der Waals surface area contributed by atoms with Crippen molar-refractivity contribution in [1.29, 1.82) is 5.26 Å². The van der Waals surface area contributed by atoms with Gasteiger partial charge in [-0.05, 0) is 28.2 Å². The fourth-order valence-corrected chi connectivity index (χ4v) is 2.23. The lowest BCUT2D eigenvalue weighted by Gasteiger charge is -2.23. The van der Waals surface area contributed by atoms with E-state index >= 15 is 0 Å². The second-order valence-corrected chi connectivity index (χ2v) is 6.19. The molecule has 0 aromatic heterocycles. The van der Waals surface area contributed by atoms with E-state index < -0.39 is 0 Å². The Kier molecular flexibility index (Phi) is 4.65. The molecule has 0 saturated heterocycles. The van der Waals surface area contributed by atoms with Crippen LogP contribution in [0.15, 0.2) is 48.5 Å². The number of hydrogen-bond donors (Lipinski definition) is 0. The van der Waals surface area contributed by atoms with Crippen molar-refractivity contribution in [2.45, 2.75) is 39.2 Å². The maximum atomic E-state index is 8.85. The zero-order valence-electron chi connectivity index (χ0n) is 12.9. The van der Waals surface area contributed by atoms with Crippen molar-refractivity contribution in [3.05, 3.63) is 65.2 Å². The molecule has 108 valence electrons. The van der Waals surface area contributed by atoms with Crippen molar-refractivity contribution in [3.63, 3.8) is 0 Å². The summed E-state index contributed by atoms with van der Waals surface area (Å²) in [6.45, 7) is 7.04. The molecule has 0 aliphatic rings. The molecule has 0 aliphatic heterocycles. The SMILES string of the molecule is CC(C)(C)c1cc(CC#N)ccc1OCc1ccccc1. The molecular formula is C19H21NO. The summed E-state index contributed by atoms with van der Waals surface area (Å²) in [5, 5.41) is 8.85. The van der Waals surface area contributed by atoms with Gasteiger partial charge in [-0.25, -0.2) is 0 Å². The molecule has 0 saturated carbocycles. The van der Waals surface area contributed by atoms with Gasteiger partial charge in [-0.2, -0.15) is 5.26 Å². The van der Waals surface area contributed by atoms with Crippen LogP contribution in [-0.2, 0) is 18.4 Å². The van der Waals surface area contributed by atoms with Crippen LogP contribution in [0.1, 0.15) is 37.5 Å². The van der Waals surface area contributed by atoms with Crippen molar-refractivity contribution in [2.24, 2.45) is 0 Å². The first kappa shape index (κ1) is 15.1. The molecule has 2 rings (SSSR count). The average Bonchev–Trinajstić information content (AvgIpc) is 2.46. The molecule has 2 aromatic carbocycles. The van der Waals surface area contributed by atoms with E-state index in [9.17, 15) is 0 Å². The molecule has 0 N–H and O–H groups in total. The highest BCUT2D eigenvalue weighted by Crippen LogP contribution is 2.32. The van der Waals surface area contributed by atoms with Gasteiger partial charge >= 0.3 is 0 Å². The highest BCUT2D eigenvalue weighted by molar-refractivity contribution is 5.42. The van der Waals surface area contributed by atoms with E-state index in [2.05, 4.69) is 45.0 Å². The molecule has 0 amide bonds. The van der Waals surface area contributed by atoms with Crippen LogP contribution >= 0.6 is 0 Å². The summed E-state index contributed by atoms with van der Waals surface area (Å²) in [4.78, 5) is 0. The van der Waals surface area contributed by atoms with Gasteiger partial charge in [0.1, 0.15) is 12.4 Å². The third kappa shape index (κ3) is 4.10. The van der Waals surface area contributed by atoms with Crippen LogP contribution in [0.2, 0.25) is 0 Å². The molecule has 2 heteroatoms. The minimum atomic E-state index is -0.0164. The maximum absolute atomic E-state index is 8.85. The van der Waals surface area contributed by atoms with Gasteiger partial charge in [-0.3, -0.25) is 0 Å². The minimum Gasteiger partial charge on any atom is -0.489 e. The van der Waals surface area contributed by atoms with E-state index in [1.807, 2.05) is 30.3 Å². The van der Waals surface area contributed by atoms with Crippen molar-refractivity contribution >= 4 is 0 Å². The predicted octanol–water partition coefficient (Wildman–Crippen LogP) is 4.63. The van der Waals surface area contributed by atoms with Gasteiger partial charge in [0.05, 0.1) is 12.5 Å². The van der Waals surface area contributed by atoms with E-state index in [0.29, 0.717) is 13.0 Å². The third-order valence-electron chi connectivity index (χ3n) is 3.37. The van der Waals surface area contributed by atoms with Gasteiger partial charge in [-0.1, -0.05) is 63.2 Å². The van der Waals surface area contributed by atoms with Crippen molar-refractivity contribution in [2.75, 3.05) is 0 Å². The Bertz CT molecular complexity index is 633. The first-order chi connectivity index (χ1) is 10.0. The summed E-state index contributed by atoms with van der Waals surface area (Å²) < 4.78 is 6.00. The molecule has 0 bridgehead atoms. The minimum absolute atomic E-state index is 0.0164. The molecule has 0 aliphatic carbocycles. The molecule has 0 atom stereocenters. The number of hydrogen-bond acceptors (Lipinski definition) is 2. The lowest BCUT2D eigenvalue weighted by Crippen LogP contribution is -2.14. The lowest BCUT2D eigenvalue weighted by molar-refractivity contribution is 0.297. The van der Waals surface area contributed by atoms with E-state index in [0.717, 1.165) is 22.4 Å². The normalized spacial score (nSPS) is 11.0. The first-order valence-electron chi connectivity index (χ1n) is 7.18. The van der Waals surface area contributed by atoms with E-state index in [-0.39, 0.29) is 5.41 Å². The van der Waals surface area contributed by atoms with Gasteiger partial charge in [0.25, 0.3) is 0 Å². The summed E-state index contributed by atoms with van der Waals surface area (Å²) in [5.41, 5.74) is 3.32. The molecule has 2 aromatic rings. The van der Waals surface area contributed by atoms with Crippen LogP contribution in [0.25, 0.3) is 0 Å². The molecule has 0 fully saturated rings. The van der Waals surface area contributed by atoms with Crippen LogP contribution in [0.5, 0.6) is 5.75 Å². The van der Waals surface area contributed by atoms with Gasteiger partial charge in [0.15, 0.2) is 0 Å². The highest BCUT2D eigenvalue weighted by atomic mass is 16.5. The van der Waals surface area contributed by atoms with Gasteiger partial charge in [-0.15, -0.1) is 0 Å². The summed E-state index contributed by atoms with van der Waals surface area (Å²) in [6, 6.07) is 18.4. The van der Waals surface area contributed by atoms with Gasteiger partial charge in [0, 0.05) is 0 Å². The highest BCUT2D eigenvalue weighted by Gasteiger charge is 2.19. The van der Waals surface area contributed by atoms with E-state index in [1.165, 1.54) is 0 Å². The standard InChI is InChI=1S/C19H21NO/c1-19(2,3)17-13-15(11-12-20)9-10-18(17)21-14-16-7-5-4-6-8-16/h4-10,13H,11,14H2,1-3H3. The maximum Gasteiger partial charge on any atom is 0.123 e. The largest absolute Gasteiger partial charge is 0.489 e. The van der Waals surface area contributed by atoms with Crippen LogP contribution in [-0.4, -0.2) is 0 Å². The van der Waals surface area contributed by atoms with Crippen LogP contribution < -0.4 is 4.74 Å². The zero-order chi connectivity index (χ0) is 15.3. The molecule has 0 radical (unpaired) electrons. The van der Waals surface area contributed by atoms with Crippen LogP contribution in [0.3, 0.4) is 0 Å². The second kappa shape index (κ2) is 6.45. The zero-order valence-corrected chi connectivity index (χ0v) is 12.9. The Morgan fingerprint density at radius 3 is 2.33 bits per heavy atom. The molecule has 0 spiro atoms. The monoisotopic (exact) mass is 279 g/mol. The summed E-state index contributed by atoms with van der Waals surface area (Å²) in [6.07, 6.45) is 0.433. The van der Waals surface area contributed by atoms with Crippen molar-refractivity contribution < 1.29 is 4.74 Å². The quantitative estimate of drug-likeness (QED) is 0.817. The Morgan fingerprint density at radius 2 is 1.71 bits per heavy atom. The Morgan fingerprint density at radius 1 is 1.00 bits per heavy atom. The summed E-state index contributed by atoms with van der Waals surface area (Å²) in [5.74, 6) is 0.896. The molecule has 21 heavy (non-hydrogen) atoms. The van der Waals surface area contributed by atoms with Gasteiger partial charge in [0.2, 0.25) is 0 Å². The predicted molar refractivity (Wildman–Crippen MR) is 85.2 cm³/mol. The van der Waals surface area contributed by atoms with E-state index in [4.69, 9.17) is 10.00 Å². The Balaban J connectivity index is 2.24. The Labute approximate surface area is 127 Å². The number of ether oxygens (including phenoxy) is 1. The average molecular weight is 279 g/mol. The lowest BCUT2D eigenvalue weighted by atomic mass is 9.85. The topological polar surface area (TPSA) is 33.0 Å². The fourth-order valence-electron chi connectivity index (χ4n) is 2.23. The number of nitrogens with zero attached hydrogens (tertiary/aromatic N) is 1. The number of benzene rings is 2. The first-order valence-corrected chi connectivity index (χ1v) is 7.18. The summed E-state index contributed by atoms with van der Waals surface area (Å²) in [7, 11) is 0. The smallest absolute Gasteiger partial charge is 0.123 e. The van der Waals surface area contributed by atoms with Crippen LogP contribution in [0.4, 0.5) is 0 Å². The number of rotatable bonds is 4. The fraction of sp³-hybridized carbons (Fsp3) is 0.316. The summed E-state index contributed by atoms with van der Waals surface area (Å²) >= 11 is 0. The Hall–Kier alpha value is -2.27. The van der Waals surface area contributed by atoms with Crippen molar-refractivity contribution in [1.82, 2.24) is 0 Å². The second-order valence-electron chi connectivity index (χ2n) is 6.19. The third-order valence-corrected chi connectivity index (χ3v) is 3.37. The molecular weight excluding hydrogens is 258 g/mol. The molecule has 0 heterocycles. The number of nitriles is 1.